The van der Waals surface area contributed by atoms with Crippen LogP contribution in [0, 0.1) is 6.92 Å². The smallest absolute Gasteiger partial charge is 0.261 e. The van der Waals surface area contributed by atoms with Gasteiger partial charge in [-0.15, -0.1) is 0 Å². The molecule has 8 nitrogen and oxygen atoms in total. The van der Waals surface area contributed by atoms with Crippen molar-refractivity contribution in [3.05, 3.63) is 75.2 Å². The number of rotatable bonds is 8. The Morgan fingerprint density at radius 3 is 2.68 bits per heavy atom. The number of pyridine rings is 1. The number of aryl methyl sites for hydroxylation is 1. The maximum absolute atomic E-state index is 12.9. The molecule has 4 aromatic rings. The first-order chi connectivity index (χ1) is 17.9. The van der Waals surface area contributed by atoms with Gasteiger partial charge in [0.2, 0.25) is 0 Å². The quantitative estimate of drug-likeness (QED) is 0.247. The first-order valence-electron chi connectivity index (χ1n) is 12.8. The van der Waals surface area contributed by atoms with Gasteiger partial charge in [-0.2, -0.15) is 0 Å². The van der Waals surface area contributed by atoms with Crippen LogP contribution in [0.15, 0.2) is 53.5 Å². The Hall–Kier alpha value is -3.33. The van der Waals surface area contributed by atoms with Gasteiger partial charge in [0.05, 0.1) is 22.8 Å². The van der Waals surface area contributed by atoms with Crippen molar-refractivity contribution in [1.29, 1.82) is 0 Å². The molecule has 2 aromatic carbocycles. The first-order valence-corrected chi connectivity index (χ1v) is 13.2. The Bertz CT molecular complexity index is 1440. The molecule has 9 heteroatoms. The number of aliphatic hydroxyl groups is 1. The Labute approximate surface area is 228 Å². The second kappa shape index (κ2) is 12.0. The van der Waals surface area contributed by atoms with Crippen LogP contribution in [0.5, 0.6) is 0 Å². The minimum absolute atomic E-state index is 0. The van der Waals surface area contributed by atoms with Crippen LogP contribution in [0.25, 0.3) is 22.4 Å². The highest BCUT2D eigenvalue weighted by molar-refractivity contribution is 6.30. The van der Waals surface area contributed by atoms with Gasteiger partial charge < -0.3 is 25.3 Å². The largest absolute Gasteiger partial charge is 0.387 e. The number of nitrogens with zero attached hydrogens (tertiary/aromatic N) is 3. The number of aromatic nitrogens is 3. The lowest BCUT2D eigenvalue weighted by molar-refractivity contribution is 0.191. The minimum atomic E-state index is -0.788. The number of piperazine rings is 1. The number of aliphatic hydroxyl groups excluding tert-OH is 1. The summed E-state index contributed by atoms with van der Waals surface area (Å²) < 4.78 is 0. The molecule has 1 aliphatic heterocycles. The van der Waals surface area contributed by atoms with Crippen molar-refractivity contribution in [1.82, 2.24) is 19.9 Å². The molecule has 1 saturated heterocycles. The summed E-state index contributed by atoms with van der Waals surface area (Å²) in [5, 5.41) is 14.4. The lowest BCUT2D eigenvalue weighted by Crippen LogP contribution is -2.46. The van der Waals surface area contributed by atoms with Gasteiger partial charge in [0.1, 0.15) is 11.4 Å². The van der Waals surface area contributed by atoms with Crippen molar-refractivity contribution in [3.63, 3.8) is 0 Å². The molecule has 5 rings (SSSR count). The summed E-state index contributed by atoms with van der Waals surface area (Å²) in [6, 6.07) is 13.2. The highest BCUT2D eigenvalue weighted by Gasteiger charge is 2.20. The monoisotopic (exact) mass is 536 g/mol. The maximum Gasteiger partial charge on any atom is 0.261 e. The number of fused-ring (bicyclic) bond motifs is 1. The van der Waals surface area contributed by atoms with Crippen LogP contribution in [-0.4, -0.2) is 64.2 Å². The number of hydrogen-bond donors (Lipinski definition) is 4. The van der Waals surface area contributed by atoms with Crippen LogP contribution in [0.2, 0.25) is 5.02 Å². The topological polar surface area (TPSA) is 100 Å². The average molecular weight is 537 g/mol. The van der Waals surface area contributed by atoms with Crippen LogP contribution < -0.4 is 15.8 Å². The van der Waals surface area contributed by atoms with E-state index in [4.69, 9.17) is 16.6 Å². The minimum Gasteiger partial charge on any atom is -0.387 e. The second-order valence-corrected chi connectivity index (χ2v) is 10.1. The third-order valence-electron chi connectivity index (χ3n) is 6.96. The molecule has 0 spiro atoms. The van der Waals surface area contributed by atoms with Crippen LogP contribution >= 0.6 is 11.6 Å². The molecule has 2 aromatic heterocycles. The van der Waals surface area contributed by atoms with Crippen molar-refractivity contribution in [3.8, 4) is 11.4 Å². The SMILES string of the molecule is C.CCCN1CCN(c2cc(C)c3nc(-c4c(NC[C@@H](O)c5cccc(Cl)c5)cc[nH]c4=O)[nH]c3c2)CC1. The standard InChI is InChI=1S/C28H33ClN6O2.CH4/c1-3-9-34-10-12-35(13-11-34)21-14-18(2)26-23(16-21)32-27(33-26)25-22(7-8-30-28(25)37)31-17-24(36)19-5-4-6-20(29)15-19;/h4-8,14-16,24,36H,3,9-13,17H2,1-2H3,(H,32,33)(H2,30,31,37);1H4/t24-;/m1./s1. The third-order valence-corrected chi connectivity index (χ3v) is 7.19. The molecule has 1 aliphatic rings. The van der Waals surface area contributed by atoms with Gasteiger partial charge in [-0.3, -0.25) is 9.69 Å². The summed E-state index contributed by atoms with van der Waals surface area (Å²) in [7, 11) is 0. The third kappa shape index (κ3) is 5.88. The van der Waals surface area contributed by atoms with E-state index in [-0.39, 0.29) is 19.5 Å². The summed E-state index contributed by atoms with van der Waals surface area (Å²) in [4.78, 5) is 28.8. The van der Waals surface area contributed by atoms with Crippen molar-refractivity contribution < 1.29 is 5.11 Å². The maximum atomic E-state index is 12.9. The highest BCUT2D eigenvalue weighted by atomic mass is 35.5. The molecule has 1 fully saturated rings. The fourth-order valence-corrected chi connectivity index (χ4v) is 5.22. The zero-order chi connectivity index (χ0) is 25.9. The number of nitrogens with one attached hydrogen (secondary N) is 3. The summed E-state index contributed by atoms with van der Waals surface area (Å²) >= 11 is 6.07. The van der Waals surface area contributed by atoms with Crippen LogP contribution in [0.4, 0.5) is 11.4 Å². The number of imidazole rings is 1. The zero-order valence-corrected chi connectivity index (χ0v) is 22.0. The molecule has 4 N–H and O–H groups in total. The van der Waals surface area contributed by atoms with E-state index in [1.165, 1.54) is 12.1 Å². The highest BCUT2D eigenvalue weighted by Crippen LogP contribution is 2.30. The predicted octanol–water partition coefficient (Wildman–Crippen LogP) is 5.19. The van der Waals surface area contributed by atoms with E-state index in [0.29, 0.717) is 27.7 Å². The summed E-state index contributed by atoms with van der Waals surface area (Å²) in [5.41, 5.74) is 5.41. The molecular formula is C29H37ClN6O2. The lowest BCUT2D eigenvalue weighted by atomic mass is 10.1. The van der Waals surface area contributed by atoms with Crippen molar-refractivity contribution in [2.45, 2.75) is 33.8 Å². The molecule has 1 atom stereocenters. The Morgan fingerprint density at radius 1 is 1.16 bits per heavy atom. The summed E-state index contributed by atoms with van der Waals surface area (Å²) in [6.45, 7) is 9.75. The Kier molecular flexibility index (Phi) is 8.76. The number of anilines is 2. The lowest BCUT2D eigenvalue weighted by Gasteiger charge is -2.36. The van der Waals surface area contributed by atoms with Crippen LogP contribution in [-0.2, 0) is 0 Å². The Morgan fingerprint density at radius 2 is 1.95 bits per heavy atom. The van der Waals surface area contributed by atoms with Crippen LogP contribution in [0.3, 0.4) is 0 Å². The molecular weight excluding hydrogens is 500 g/mol. The molecule has 0 unspecified atom stereocenters. The molecule has 0 bridgehead atoms. The van der Waals surface area contributed by atoms with E-state index in [1.54, 1.807) is 30.5 Å². The molecule has 202 valence electrons. The van der Waals surface area contributed by atoms with E-state index < -0.39 is 6.10 Å². The molecule has 0 radical (unpaired) electrons. The number of hydrogen-bond acceptors (Lipinski definition) is 6. The average Bonchev–Trinajstić information content (AvgIpc) is 3.32. The van der Waals surface area contributed by atoms with Gasteiger partial charge in [0.25, 0.3) is 5.56 Å². The van der Waals surface area contributed by atoms with Gasteiger partial charge in [0, 0.05) is 49.6 Å². The second-order valence-electron chi connectivity index (χ2n) is 9.62. The van der Waals surface area contributed by atoms with Gasteiger partial charge >= 0.3 is 0 Å². The number of halogens is 1. The normalized spacial score (nSPS) is 14.9. The van der Waals surface area contributed by atoms with Crippen molar-refractivity contribution in [2.75, 3.05) is 49.5 Å². The molecule has 0 saturated carbocycles. The fourth-order valence-electron chi connectivity index (χ4n) is 5.02. The summed E-state index contributed by atoms with van der Waals surface area (Å²) in [5.74, 6) is 0.490. The molecule has 0 amide bonds. The van der Waals surface area contributed by atoms with Gasteiger partial charge in [-0.25, -0.2) is 4.98 Å². The van der Waals surface area contributed by atoms with E-state index in [9.17, 15) is 9.90 Å². The van der Waals surface area contributed by atoms with E-state index in [0.717, 1.165) is 49.3 Å². The number of aromatic amines is 2. The first kappa shape index (κ1) is 27.7. The predicted molar refractivity (Wildman–Crippen MR) is 157 cm³/mol. The summed E-state index contributed by atoms with van der Waals surface area (Å²) in [6.07, 6.45) is 1.98. The Balaban J connectivity index is 0.00000336. The van der Waals surface area contributed by atoms with E-state index in [1.807, 2.05) is 6.07 Å². The zero-order valence-electron chi connectivity index (χ0n) is 21.2. The van der Waals surface area contributed by atoms with E-state index >= 15 is 0 Å². The molecule has 3 heterocycles. The molecule has 0 aliphatic carbocycles. The fraction of sp³-hybridized carbons (Fsp3) is 0.379. The van der Waals surface area contributed by atoms with Gasteiger partial charge in [-0.05, 0) is 61.3 Å². The van der Waals surface area contributed by atoms with Gasteiger partial charge in [0.15, 0.2) is 0 Å². The van der Waals surface area contributed by atoms with E-state index in [2.05, 4.69) is 51.1 Å². The van der Waals surface area contributed by atoms with Crippen LogP contribution in [0.1, 0.15) is 38.0 Å². The molecule has 38 heavy (non-hydrogen) atoms. The number of benzene rings is 2. The van der Waals surface area contributed by atoms with Crippen molar-refractivity contribution >= 4 is 34.0 Å². The van der Waals surface area contributed by atoms with Crippen molar-refractivity contribution in [2.24, 2.45) is 0 Å². The van der Waals surface area contributed by atoms with Gasteiger partial charge in [-0.1, -0.05) is 38.1 Å². The number of H-pyrrole nitrogens is 2.